The maximum absolute atomic E-state index is 10.7. The molecule has 0 aliphatic heterocycles. The van der Waals surface area contributed by atoms with Gasteiger partial charge < -0.3 is 15.6 Å². The molecule has 7 aromatic rings. The Balaban J connectivity index is 0.000000563. The maximum atomic E-state index is 10.7. The number of aryl methyl sites for hydroxylation is 9. The molecule has 0 saturated carbocycles. The Bertz CT molecular complexity index is 2900. The number of nitrogens with zero attached hydrogens (tertiary/aromatic N) is 9. The Hall–Kier alpha value is -6.61. The number of aliphatic imine (C=N–C) groups is 4. The van der Waals surface area contributed by atoms with Gasteiger partial charge in [0.05, 0.1) is 68.4 Å². The number of hydrogen-bond donors (Lipinski definition) is 0. The molecule has 7 rings (SSSR count). The molecule has 0 atom stereocenters. The largest absolute Gasteiger partial charge is 0.741 e. The summed E-state index contributed by atoms with van der Waals surface area (Å²) in [5.74, 6) is 0. The molecule has 0 N–H and O–H groups in total. The van der Waals surface area contributed by atoms with Crippen LogP contribution in [0.5, 0.6) is 0 Å². The second-order valence-electron chi connectivity index (χ2n) is 17.2. The van der Waals surface area contributed by atoms with E-state index in [-0.39, 0.29) is 40.2 Å². The van der Waals surface area contributed by atoms with Crippen LogP contribution in [0.2, 0.25) is 0 Å². The molecule has 18 heteroatoms. The summed E-state index contributed by atoms with van der Waals surface area (Å²) in [6.07, 6.45) is 0. The van der Waals surface area contributed by atoms with Crippen LogP contribution in [-0.4, -0.2) is 51.3 Å². The summed E-state index contributed by atoms with van der Waals surface area (Å²) >= 11 is 0. The summed E-state index contributed by atoms with van der Waals surface area (Å²) in [6, 6.07) is 47.3. The molecule has 0 amide bonds. The summed E-state index contributed by atoms with van der Waals surface area (Å²) in [5, 5.41) is 0. The van der Waals surface area contributed by atoms with Gasteiger partial charge in [0.25, 0.3) is 0 Å². The van der Waals surface area contributed by atoms with Gasteiger partial charge in [0, 0.05) is 40.2 Å². The molecule has 0 aliphatic rings. The van der Waals surface area contributed by atoms with E-state index < -0.39 is 15.6 Å². The quantitative estimate of drug-likeness (QED) is 0.0364. The number of halogens is 3. The molecular weight excluding hydrogens is 1340 g/mol. The molecule has 404 valence electrons. The molecule has 2 aromatic heterocycles. The van der Waals surface area contributed by atoms with E-state index in [9.17, 15) is 13.2 Å². The fourth-order valence-electron chi connectivity index (χ4n) is 7.04. The first-order valence-corrected chi connectivity index (χ1v) is 24.6. The fourth-order valence-corrected chi connectivity index (χ4v) is 7.04. The summed E-state index contributed by atoms with van der Waals surface area (Å²) in [4.78, 5) is 30.6. The number of hydrogen-bond acceptors (Lipinski definition) is 9. The maximum Gasteiger partial charge on any atom is 0.485 e. The van der Waals surface area contributed by atoms with Gasteiger partial charge in [0.1, 0.15) is 0 Å². The molecule has 0 bridgehead atoms. The molecule has 0 fully saturated rings. The van der Waals surface area contributed by atoms with Gasteiger partial charge in [-0.15, -0.1) is 0 Å². The van der Waals surface area contributed by atoms with Crippen molar-refractivity contribution in [1.82, 2.24) is 9.97 Å². The Kier molecular flexibility index (Phi) is 28.5. The molecule has 12 nitrogen and oxygen atoms in total. The molecule has 2 heterocycles. The zero-order chi connectivity index (χ0) is 55.3. The molecule has 76 heavy (non-hydrogen) atoms. The van der Waals surface area contributed by atoms with Gasteiger partial charge >= 0.3 is 5.51 Å². The summed E-state index contributed by atoms with van der Waals surface area (Å²) in [7, 11) is -6.09. The zero-order valence-electron chi connectivity index (χ0n) is 44.7. The SMILES string of the molecule is CC(=Nc1c(C)cccc1C)c1cccc(C(C)=Nc2c(C)cccc2C)n1.CC(=Nc1c(C)cccc1C)c1cccc(C(C)=Nc2c(C)cccc2C)n1.Cc1ccccc1.O=S(=O)([O-])C(F)(F)F.[Ir].[Ir].[N-]=[N+]=[N-]. The standard InChI is InChI=1S/2C25H27N3.C7H8.CHF3O3S.2Ir.N3/c2*1-16-10-7-11-17(2)24(16)26-20(5)22-14-9-15-23(28-22)21(6)27-25-18(3)12-8-13-19(25)4;1-7-5-3-2-4-6-7;2-1(3,4)8(5,6)7;;;1-3-2/h2*7-15H,1-6H3;2-6H,1H3;(H,5,6,7);;;/q;;;;;;-1/p-1. The van der Waals surface area contributed by atoms with Crippen LogP contribution in [0.15, 0.2) is 159 Å². The number of para-hydroxylation sites is 4. The van der Waals surface area contributed by atoms with Gasteiger partial charge in [-0.1, -0.05) is 121 Å². The van der Waals surface area contributed by atoms with Crippen molar-refractivity contribution in [2.75, 3.05) is 0 Å². The van der Waals surface area contributed by atoms with E-state index >= 15 is 0 Å². The summed E-state index contributed by atoms with van der Waals surface area (Å²) < 4.78 is 58.9. The Morgan fingerprint density at radius 1 is 0.421 bits per heavy atom. The van der Waals surface area contributed by atoms with Crippen molar-refractivity contribution < 1.29 is 66.4 Å². The van der Waals surface area contributed by atoms with E-state index in [2.05, 4.69) is 147 Å². The fraction of sp³-hybridized carbons (Fsp3) is 0.241. The molecule has 0 unspecified atom stereocenters. The first kappa shape index (κ1) is 67.4. The minimum Gasteiger partial charge on any atom is -0.741 e. The van der Waals surface area contributed by atoms with E-state index in [1.807, 2.05) is 82.3 Å². The molecular formula is C58H62F3Ir2N9O3S-2. The van der Waals surface area contributed by atoms with Crippen molar-refractivity contribution in [3.8, 4) is 0 Å². The van der Waals surface area contributed by atoms with Crippen molar-refractivity contribution in [2.24, 2.45) is 20.0 Å². The Morgan fingerprint density at radius 3 is 0.763 bits per heavy atom. The van der Waals surface area contributed by atoms with Crippen LogP contribution >= 0.6 is 0 Å². The number of rotatable bonds is 8. The van der Waals surface area contributed by atoms with Gasteiger partial charge in [-0.05, 0) is 159 Å². The van der Waals surface area contributed by atoms with E-state index in [1.165, 1.54) is 55.0 Å². The average molecular weight is 1410 g/mol. The van der Waals surface area contributed by atoms with Gasteiger partial charge in [0.2, 0.25) is 0 Å². The van der Waals surface area contributed by atoms with Crippen LogP contribution in [0.1, 0.15) is 101 Å². The van der Waals surface area contributed by atoms with E-state index in [1.54, 1.807) is 0 Å². The third-order valence-corrected chi connectivity index (χ3v) is 11.6. The minimum atomic E-state index is -6.09. The minimum absolute atomic E-state index is 0. The van der Waals surface area contributed by atoms with Crippen LogP contribution < -0.4 is 0 Å². The topological polar surface area (TPSA) is 191 Å². The second kappa shape index (κ2) is 32.1. The first-order chi connectivity index (χ1) is 34.8. The molecule has 0 spiro atoms. The number of aromatic nitrogens is 2. The second-order valence-corrected chi connectivity index (χ2v) is 18.6. The van der Waals surface area contributed by atoms with Gasteiger partial charge in [-0.25, -0.2) is 18.4 Å². The smallest absolute Gasteiger partial charge is 0.485 e. The van der Waals surface area contributed by atoms with Crippen molar-refractivity contribution in [3.63, 3.8) is 0 Å². The molecule has 2 radical (unpaired) electrons. The summed E-state index contributed by atoms with van der Waals surface area (Å²) in [5.41, 5.74) is 29.7. The average Bonchev–Trinajstić information content (AvgIpc) is 3.34. The van der Waals surface area contributed by atoms with Gasteiger partial charge in [-0.3, -0.25) is 24.9 Å². The number of pyridine rings is 2. The van der Waals surface area contributed by atoms with Gasteiger partial charge in [0.15, 0.2) is 10.1 Å². The van der Waals surface area contributed by atoms with Crippen LogP contribution in [0.25, 0.3) is 16.0 Å². The summed E-state index contributed by atoms with van der Waals surface area (Å²) in [6.45, 7) is 26.8. The van der Waals surface area contributed by atoms with Crippen molar-refractivity contribution in [1.29, 1.82) is 0 Å². The normalized spacial score (nSPS) is 11.5. The predicted molar refractivity (Wildman–Crippen MR) is 297 cm³/mol. The monoisotopic (exact) mass is 1410 g/mol. The molecule has 0 saturated heterocycles. The molecule has 5 aromatic carbocycles. The zero-order valence-corrected chi connectivity index (χ0v) is 50.3. The van der Waals surface area contributed by atoms with Crippen molar-refractivity contribution in [3.05, 3.63) is 228 Å². The third kappa shape index (κ3) is 21.2. The van der Waals surface area contributed by atoms with Crippen LogP contribution in [0.4, 0.5) is 35.9 Å². The van der Waals surface area contributed by atoms with Crippen molar-refractivity contribution in [2.45, 2.75) is 95.5 Å². The Labute approximate surface area is 472 Å². The van der Waals surface area contributed by atoms with Crippen LogP contribution in [0, 0.1) is 62.3 Å². The first-order valence-electron chi connectivity index (χ1n) is 23.2. The number of benzene rings is 5. The van der Waals surface area contributed by atoms with Crippen molar-refractivity contribution >= 4 is 55.7 Å². The predicted octanol–water partition coefficient (Wildman–Crippen LogP) is 16.1. The Morgan fingerprint density at radius 2 is 0.605 bits per heavy atom. The van der Waals surface area contributed by atoms with E-state index in [0.29, 0.717) is 0 Å². The molecule has 0 aliphatic carbocycles. The third-order valence-electron chi connectivity index (χ3n) is 11.1. The van der Waals surface area contributed by atoms with Crippen LogP contribution in [0.3, 0.4) is 0 Å². The van der Waals surface area contributed by atoms with Gasteiger partial charge in [-0.2, -0.15) is 13.2 Å². The van der Waals surface area contributed by atoms with E-state index in [0.717, 1.165) is 68.4 Å². The number of alkyl halides is 3. The van der Waals surface area contributed by atoms with E-state index in [4.69, 9.17) is 54.0 Å². The van der Waals surface area contributed by atoms with Crippen LogP contribution in [-0.2, 0) is 50.3 Å².